The fourth-order valence-electron chi connectivity index (χ4n) is 2.91. The van der Waals surface area contributed by atoms with Crippen LogP contribution >= 0.6 is 0 Å². The van der Waals surface area contributed by atoms with Crippen molar-refractivity contribution in [3.8, 4) is 0 Å². The van der Waals surface area contributed by atoms with Gasteiger partial charge in [0.05, 0.1) is 25.1 Å². The number of aromatic nitrogens is 1. The minimum Gasteiger partial charge on any atom is -0.378 e. The van der Waals surface area contributed by atoms with Crippen molar-refractivity contribution in [3.05, 3.63) is 24.0 Å². The van der Waals surface area contributed by atoms with Gasteiger partial charge < -0.3 is 19.4 Å². The monoisotopic (exact) mass is 318 g/mol. The summed E-state index contributed by atoms with van der Waals surface area (Å²) in [5.41, 5.74) is 1.48. The van der Waals surface area contributed by atoms with Gasteiger partial charge in [-0.05, 0) is 12.1 Å². The van der Waals surface area contributed by atoms with E-state index in [1.54, 1.807) is 29.0 Å². The van der Waals surface area contributed by atoms with Crippen molar-refractivity contribution in [2.75, 3.05) is 57.4 Å². The fourth-order valence-corrected chi connectivity index (χ4v) is 2.91. The Balaban J connectivity index is 1.60. The first-order valence-electron chi connectivity index (χ1n) is 7.98. The summed E-state index contributed by atoms with van der Waals surface area (Å²) >= 11 is 0. The van der Waals surface area contributed by atoms with Gasteiger partial charge in [0.25, 0.3) is 5.91 Å². The van der Waals surface area contributed by atoms with E-state index in [2.05, 4.69) is 9.88 Å². The number of amides is 2. The Morgan fingerprint density at radius 1 is 1.00 bits per heavy atom. The molecule has 0 atom stereocenters. The van der Waals surface area contributed by atoms with E-state index in [0.717, 1.165) is 32.0 Å². The number of morpholine rings is 1. The first-order valence-corrected chi connectivity index (χ1v) is 7.98. The number of hydrogen-bond acceptors (Lipinski definition) is 5. The van der Waals surface area contributed by atoms with E-state index >= 15 is 0 Å². The van der Waals surface area contributed by atoms with Gasteiger partial charge in [-0.2, -0.15) is 0 Å². The molecule has 0 aromatic carbocycles. The highest BCUT2D eigenvalue weighted by Gasteiger charge is 2.24. The molecule has 0 saturated carbocycles. The molecular weight excluding hydrogens is 296 g/mol. The van der Waals surface area contributed by atoms with E-state index in [1.165, 1.54) is 0 Å². The van der Waals surface area contributed by atoms with Crippen molar-refractivity contribution in [2.45, 2.75) is 6.92 Å². The molecule has 7 nitrogen and oxygen atoms in total. The van der Waals surface area contributed by atoms with Crippen LogP contribution in [0.25, 0.3) is 0 Å². The van der Waals surface area contributed by atoms with Crippen molar-refractivity contribution in [3.63, 3.8) is 0 Å². The van der Waals surface area contributed by atoms with Crippen LogP contribution in [0.3, 0.4) is 0 Å². The van der Waals surface area contributed by atoms with Crippen molar-refractivity contribution in [1.29, 1.82) is 0 Å². The van der Waals surface area contributed by atoms with Crippen molar-refractivity contribution in [1.82, 2.24) is 14.8 Å². The summed E-state index contributed by atoms with van der Waals surface area (Å²) in [7, 11) is 0. The molecule has 1 aromatic rings. The largest absolute Gasteiger partial charge is 0.378 e. The maximum Gasteiger partial charge on any atom is 0.272 e. The van der Waals surface area contributed by atoms with E-state index in [1.807, 2.05) is 6.07 Å². The summed E-state index contributed by atoms with van der Waals surface area (Å²) < 4.78 is 5.34. The van der Waals surface area contributed by atoms with Gasteiger partial charge in [0.15, 0.2) is 0 Å². The van der Waals surface area contributed by atoms with Crippen molar-refractivity contribution >= 4 is 17.5 Å². The van der Waals surface area contributed by atoms with E-state index < -0.39 is 0 Å². The minimum absolute atomic E-state index is 0.0603. The summed E-state index contributed by atoms with van der Waals surface area (Å²) in [5, 5.41) is 0. The maximum absolute atomic E-state index is 12.5. The Hall–Kier alpha value is -2.15. The van der Waals surface area contributed by atoms with Gasteiger partial charge in [-0.25, -0.2) is 4.98 Å². The number of anilines is 1. The molecule has 124 valence electrons. The zero-order chi connectivity index (χ0) is 16.2. The summed E-state index contributed by atoms with van der Waals surface area (Å²) in [6, 6.07) is 3.72. The SMILES string of the molecule is CC(=O)N1CCN(C(=O)c2ccc(N3CCOCC3)cn2)CC1. The number of hydrogen-bond donors (Lipinski definition) is 0. The van der Waals surface area contributed by atoms with Crippen LogP contribution in [0, 0.1) is 0 Å². The lowest BCUT2D eigenvalue weighted by Crippen LogP contribution is -2.50. The van der Waals surface area contributed by atoms with Gasteiger partial charge in [-0.3, -0.25) is 9.59 Å². The van der Waals surface area contributed by atoms with Gasteiger partial charge in [0.1, 0.15) is 5.69 Å². The number of nitrogens with zero attached hydrogens (tertiary/aromatic N) is 4. The van der Waals surface area contributed by atoms with Gasteiger partial charge in [-0.15, -0.1) is 0 Å². The Bertz CT molecular complexity index is 561. The van der Waals surface area contributed by atoms with Crippen molar-refractivity contribution in [2.24, 2.45) is 0 Å². The average Bonchev–Trinajstić information content (AvgIpc) is 2.62. The van der Waals surface area contributed by atoms with E-state index in [0.29, 0.717) is 31.9 Å². The average molecular weight is 318 g/mol. The standard InChI is InChI=1S/C16H22N4O3/c1-13(21)18-4-6-20(7-5-18)16(22)15-3-2-14(12-17-15)19-8-10-23-11-9-19/h2-3,12H,4-11H2,1H3. The molecular formula is C16H22N4O3. The lowest BCUT2D eigenvalue weighted by molar-refractivity contribution is -0.130. The molecule has 2 aliphatic heterocycles. The summed E-state index contributed by atoms with van der Waals surface area (Å²) in [6.07, 6.45) is 1.75. The third kappa shape index (κ3) is 3.61. The zero-order valence-corrected chi connectivity index (χ0v) is 13.4. The number of ether oxygens (including phenoxy) is 1. The normalized spacial score (nSPS) is 18.9. The molecule has 23 heavy (non-hydrogen) atoms. The molecule has 0 N–H and O–H groups in total. The fraction of sp³-hybridized carbons (Fsp3) is 0.562. The zero-order valence-electron chi connectivity index (χ0n) is 13.4. The van der Waals surface area contributed by atoms with Crippen LogP contribution in [0.5, 0.6) is 0 Å². The maximum atomic E-state index is 12.5. The quantitative estimate of drug-likeness (QED) is 0.780. The highest BCUT2D eigenvalue weighted by atomic mass is 16.5. The second-order valence-corrected chi connectivity index (χ2v) is 5.80. The first kappa shape index (κ1) is 15.7. The molecule has 7 heteroatoms. The Morgan fingerprint density at radius 2 is 1.65 bits per heavy atom. The van der Waals surface area contributed by atoms with Gasteiger partial charge in [0, 0.05) is 46.2 Å². The molecule has 1 aromatic heterocycles. The van der Waals surface area contributed by atoms with Gasteiger partial charge >= 0.3 is 0 Å². The summed E-state index contributed by atoms with van der Waals surface area (Å²) in [4.78, 5) is 33.9. The van der Waals surface area contributed by atoms with E-state index in [4.69, 9.17) is 4.74 Å². The van der Waals surface area contributed by atoms with Crippen molar-refractivity contribution < 1.29 is 14.3 Å². The van der Waals surface area contributed by atoms with Crippen LogP contribution < -0.4 is 4.90 Å². The number of piperazine rings is 1. The van der Waals surface area contributed by atoms with Crippen LogP contribution in [0.4, 0.5) is 5.69 Å². The second kappa shape index (κ2) is 6.95. The number of pyridine rings is 1. The third-order valence-electron chi connectivity index (χ3n) is 4.36. The molecule has 0 unspecified atom stereocenters. The number of carbonyl (C=O) groups is 2. The second-order valence-electron chi connectivity index (χ2n) is 5.80. The smallest absolute Gasteiger partial charge is 0.272 e. The molecule has 0 bridgehead atoms. The molecule has 0 aliphatic carbocycles. The molecule has 2 saturated heterocycles. The molecule has 2 aliphatic rings. The predicted molar refractivity (Wildman–Crippen MR) is 85.4 cm³/mol. The van der Waals surface area contributed by atoms with E-state index in [9.17, 15) is 9.59 Å². The van der Waals surface area contributed by atoms with E-state index in [-0.39, 0.29) is 11.8 Å². The molecule has 3 rings (SSSR count). The lowest BCUT2D eigenvalue weighted by Gasteiger charge is -2.34. The minimum atomic E-state index is -0.0678. The summed E-state index contributed by atoms with van der Waals surface area (Å²) in [6.45, 7) is 7.01. The summed E-state index contributed by atoms with van der Waals surface area (Å²) in [5.74, 6) is -0.00758. The molecule has 3 heterocycles. The number of carbonyl (C=O) groups excluding carboxylic acids is 2. The highest BCUT2D eigenvalue weighted by molar-refractivity contribution is 5.92. The van der Waals surface area contributed by atoms with Crippen LogP contribution in [-0.4, -0.2) is 79.1 Å². The van der Waals surface area contributed by atoms with Gasteiger partial charge in [0.2, 0.25) is 5.91 Å². The predicted octanol–water partition coefficient (Wildman–Crippen LogP) is 0.223. The Kier molecular flexibility index (Phi) is 4.76. The molecule has 0 radical (unpaired) electrons. The lowest BCUT2D eigenvalue weighted by atomic mass is 10.2. The highest BCUT2D eigenvalue weighted by Crippen LogP contribution is 2.16. The third-order valence-corrected chi connectivity index (χ3v) is 4.36. The topological polar surface area (TPSA) is 66.0 Å². The van der Waals surface area contributed by atoms with Crippen LogP contribution in [0.2, 0.25) is 0 Å². The Morgan fingerprint density at radius 3 is 2.22 bits per heavy atom. The molecule has 0 spiro atoms. The Labute approximate surface area is 135 Å². The first-order chi connectivity index (χ1) is 11.1. The van der Waals surface area contributed by atoms with Gasteiger partial charge in [-0.1, -0.05) is 0 Å². The van der Waals surface area contributed by atoms with Crippen LogP contribution in [0.1, 0.15) is 17.4 Å². The van der Waals surface area contributed by atoms with Crippen LogP contribution in [-0.2, 0) is 9.53 Å². The molecule has 2 amide bonds. The van der Waals surface area contributed by atoms with Crippen LogP contribution in [0.15, 0.2) is 18.3 Å². The molecule has 2 fully saturated rings. The number of rotatable bonds is 2.